The Bertz CT molecular complexity index is 877. The molecule has 1 saturated heterocycles. The largest absolute Gasteiger partial charge is 0.446 e. The fourth-order valence-corrected chi connectivity index (χ4v) is 3.69. The lowest BCUT2D eigenvalue weighted by Gasteiger charge is -2.27. The summed E-state index contributed by atoms with van der Waals surface area (Å²) in [5, 5.41) is 2.79. The monoisotopic (exact) mass is 422 g/mol. The van der Waals surface area contributed by atoms with Crippen LogP contribution < -0.4 is 5.32 Å². The van der Waals surface area contributed by atoms with Crippen molar-refractivity contribution in [3.05, 3.63) is 71.8 Å². The van der Waals surface area contributed by atoms with Crippen molar-refractivity contribution in [2.24, 2.45) is 5.92 Å². The van der Waals surface area contributed by atoms with Gasteiger partial charge in [-0.1, -0.05) is 74.5 Å². The van der Waals surface area contributed by atoms with Crippen molar-refractivity contribution in [3.63, 3.8) is 0 Å². The van der Waals surface area contributed by atoms with E-state index in [-0.39, 0.29) is 24.2 Å². The highest BCUT2D eigenvalue weighted by atomic mass is 16.5. The number of ether oxygens (including phenoxy) is 1. The summed E-state index contributed by atoms with van der Waals surface area (Å²) in [6, 6.07) is 17.5. The highest BCUT2D eigenvalue weighted by Crippen LogP contribution is 2.24. The number of nitrogens with zero attached hydrogens (tertiary/aromatic N) is 1. The number of benzene rings is 2. The Hall–Kier alpha value is -3.15. The van der Waals surface area contributed by atoms with Gasteiger partial charge in [0.1, 0.15) is 6.04 Å². The van der Waals surface area contributed by atoms with Crippen molar-refractivity contribution in [1.29, 1.82) is 0 Å². The average molecular weight is 423 g/mol. The molecular weight excluding hydrogens is 392 g/mol. The van der Waals surface area contributed by atoms with E-state index in [2.05, 4.69) is 5.32 Å². The molecule has 2 atom stereocenters. The number of rotatable bonds is 8. The van der Waals surface area contributed by atoms with E-state index in [1.807, 2.05) is 62.4 Å². The fraction of sp³-hybridized carbons (Fsp3) is 0.400. The van der Waals surface area contributed by atoms with Crippen molar-refractivity contribution in [2.75, 3.05) is 13.1 Å². The van der Waals surface area contributed by atoms with Gasteiger partial charge in [0.2, 0.25) is 12.0 Å². The van der Waals surface area contributed by atoms with Crippen molar-refractivity contribution < 1.29 is 19.1 Å². The van der Waals surface area contributed by atoms with E-state index in [4.69, 9.17) is 4.74 Å². The van der Waals surface area contributed by atoms with Gasteiger partial charge >= 0.3 is 5.97 Å². The van der Waals surface area contributed by atoms with E-state index in [9.17, 15) is 14.4 Å². The zero-order valence-electron chi connectivity index (χ0n) is 18.1. The predicted molar refractivity (Wildman–Crippen MR) is 118 cm³/mol. The van der Waals surface area contributed by atoms with E-state index >= 15 is 0 Å². The standard InChI is InChI=1S/C25H30N2O4/c1-18(2)22(26-21(28)17-19-11-5-3-6-12-19)25(30)31-23(20-13-7-4-8-14-20)24(29)27-15-9-10-16-27/h3-8,11-14,18,22-23H,9-10,15-17H2,1-2H3,(H,26,28)/t22-,23+/m0/s1. The maximum atomic E-state index is 13.1. The highest BCUT2D eigenvalue weighted by Gasteiger charge is 2.34. The van der Waals surface area contributed by atoms with E-state index in [1.165, 1.54) is 0 Å². The molecule has 2 amide bonds. The van der Waals surface area contributed by atoms with Gasteiger partial charge in [0, 0.05) is 18.7 Å². The second kappa shape index (κ2) is 10.8. The van der Waals surface area contributed by atoms with Gasteiger partial charge in [0.15, 0.2) is 0 Å². The van der Waals surface area contributed by atoms with Gasteiger partial charge in [-0.3, -0.25) is 9.59 Å². The van der Waals surface area contributed by atoms with Gasteiger partial charge < -0.3 is 15.0 Å². The second-order valence-corrected chi connectivity index (χ2v) is 8.21. The number of carbonyl (C=O) groups excluding carboxylic acids is 3. The third-order valence-electron chi connectivity index (χ3n) is 5.42. The van der Waals surface area contributed by atoms with Crippen LogP contribution in [-0.2, 0) is 25.5 Å². The van der Waals surface area contributed by atoms with Gasteiger partial charge in [-0.25, -0.2) is 4.79 Å². The molecule has 0 radical (unpaired) electrons. The summed E-state index contributed by atoms with van der Waals surface area (Å²) in [6.45, 7) is 5.02. The van der Waals surface area contributed by atoms with E-state index in [0.29, 0.717) is 18.7 Å². The minimum absolute atomic E-state index is 0.173. The van der Waals surface area contributed by atoms with Crippen LogP contribution in [0.2, 0.25) is 0 Å². The van der Waals surface area contributed by atoms with Gasteiger partial charge in [0.25, 0.3) is 5.91 Å². The topological polar surface area (TPSA) is 75.7 Å². The summed E-state index contributed by atoms with van der Waals surface area (Å²) in [7, 11) is 0. The van der Waals surface area contributed by atoms with E-state index in [0.717, 1.165) is 18.4 Å². The molecule has 6 nitrogen and oxygen atoms in total. The summed E-state index contributed by atoms with van der Waals surface area (Å²) >= 11 is 0. The molecule has 0 saturated carbocycles. The fourth-order valence-electron chi connectivity index (χ4n) is 3.69. The Balaban J connectivity index is 1.72. The minimum atomic E-state index is -1.01. The third kappa shape index (κ3) is 6.17. The number of carbonyl (C=O) groups is 3. The number of amides is 2. The number of hydrogen-bond acceptors (Lipinski definition) is 4. The van der Waals surface area contributed by atoms with Gasteiger partial charge in [0.05, 0.1) is 6.42 Å². The molecule has 1 N–H and O–H groups in total. The quantitative estimate of drug-likeness (QED) is 0.663. The molecule has 3 rings (SSSR count). The molecular formula is C25H30N2O4. The van der Waals surface area contributed by atoms with Crippen LogP contribution in [-0.4, -0.2) is 41.8 Å². The molecule has 2 aromatic rings. The lowest BCUT2D eigenvalue weighted by Crippen LogP contribution is -2.47. The zero-order valence-corrected chi connectivity index (χ0v) is 18.1. The van der Waals surface area contributed by atoms with Crippen LogP contribution >= 0.6 is 0 Å². The Morgan fingerprint density at radius 2 is 1.52 bits per heavy atom. The number of esters is 1. The molecule has 31 heavy (non-hydrogen) atoms. The van der Waals surface area contributed by atoms with Crippen LogP contribution in [0.25, 0.3) is 0 Å². The number of nitrogens with one attached hydrogen (secondary N) is 1. The zero-order chi connectivity index (χ0) is 22.2. The lowest BCUT2D eigenvalue weighted by atomic mass is 10.0. The van der Waals surface area contributed by atoms with E-state index < -0.39 is 18.1 Å². The predicted octanol–water partition coefficient (Wildman–Crippen LogP) is 3.28. The first-order valence-electron chi connectivity index (χ1n) is 10.8. The molecule has 0 aliphatic carbocycles. The molecule has 0 aromatic heterocycles. The van der Waals surface area contributed by atoms with Gasteiger partial charge in [-0.05, 0) is 24.3 Å². The summed E-state index contributed by atoms with van der Waals surface area (Å²) in [4.78, 5) is 40.4. The molecule has 1 aliphatic rings. The molecule has 1 fully saturated rings. The smallest absolute Gasteiger partial charge is 0.330 e. The van der Waals surface area contributed by atoms with Crippen LogP contribution in [0.4, 0.5) is 0 Å². The number of likely N-dealkylation sites (tertiary alicyclic amines) is 1. The van der Waals surface area contributed by atoms with Crippen molar-refractivity contribution >= 4 is 17.8 Å². The molecule has 0 unspecified atom stereocenters. The maximum absolute atomic E-state index is 13.1. The second-order valence-electron chi connectivity index (χ2n) is 8.21. The Kier molecular flexibility index (Phi) is 7.82. The highest BCUT2D eigenvalue weighted by molar-refractivity contribution is 5.89. The van der Waals surface area contributed by atoms with Crippen molar-refractivity contribution in [2.45, 2.75) is 45.3 Å². The molecule has 1 heterocycles. The summed E-state index contributed by atoms with van der Waals surface area (Å²) in [5.41, 5.74) is 1.49. The molecule has 6 heteroatoms. The van der Waals surface area contributed by atoms with Crippen LogP contribution in [0.15, 0.2) is 60.7 Å². The summed E-state index contributed by atoms with van der Waals surface area (Å²) in [6.07, 6.45) is 1.06. The van der Waals surface area contributed by atoms with Gasteiger partial charge in [-0.15, -0.1) is 0 Å². The van der Waals surface area contributed by atoms with Crippen molar-refractivity contribution in [1.82, 2.24) is 10.2 Å². The average Bonchev–Trinajstić information content (AvgIpc) is 3.31. The van der Waals surface area contributed by atoms with Gasteiger partial charge in [-0.2, -0.15) is 0 Å². The first-order chi connectivity index (χ1) is 15.0. The SMILES string of the molecule is CC(C)[C@H](NC(=O)Cc1ccccc1)C(=O)O[C@@H](C(=O)N1CCCC1)c1ccccc1. The van der Waals surface area contributed by atoms with Crippen LogP contribution in [0.3, 0.4) is 0 Å². The first-order valence-corrected chi connectivity index (χ1v) is 10.8. The summed E-state index contributed by atoms with van der Waals surface area (Å²) < 4.78 is 5.74. The Morgan fingerprint density at radius 1 is 0.935 bits per heavy atom. The van der Waals surface area contributed by atoms with Crippen LogP contribution in [0.1, 0.15) is 43.9 Å². The first kappa shape index (κ1) is 22.5. The molecule has 1 aliphatic heterocycles. The molecule has 164 valence electrons. The molecule has 0 bridgehead atoms. The Morgan fingerprint density at radius 3 is 2.10 bits per heavy atom. The van der Waals surface area contributed by atoms with E-state index in [1.54, 1.807) is 17.0 Å². The van der Waals surface area contributed by atoms with Crippen LogP contribution in [0, 0.1) is 5.92 Å². The number of hydrogen-bond donors (Lipinski definition) is 1. The maximum Gasteiger partial charge on any atom is 0.330 e. The summed E-state index contributed by atoms with van der Waals surface area (Å²) in [5.74, 6) is -1.26. The Labute approximate surface area is 183 Å². The third-order valence-corrected chi connectivity index (χ3v) is 5.42. The van der Waals surface area contributed by atoms with Crippen LogP contribution in [0.5, 0.6) is 0 Å². The molecule has 2 aromatic carbocycles. The minimum Gasteiger partial charge on any atom is -0.446 e. The lowest BCUT2D eigenvalue weighted by molar-refractivity contribution is -0.163. The van der Waals surface area contributed by atoms with Crippen molar-refractivity contribution in [3.8, 4) is 0 Å². The normalized spacial score (nSPS) is 15.4. The molecule has 0 spiro atoms.